The number of aromatic nitrogens is 3. The van der Waals surface area contributed by atoms with Crippen LogP contribution in [0.2, 0.25) is 0 Å². The van der Waals surface area contributed by atoms with Crippen LogP contribution in [0.25, 0.3) is 22.0 Å². The first kappa shape index (κ1) is 21.5. The molecule has 2 saturated carbocycles. The molecule has 5 rings (SSSR count). The Morgan fingerprint density at radius 1 is 1.00 bits per heavy atom. The van der Waals surface area contributed by atoms with Gasteiger partial charge in [0.2, 0.25) is 5.82 Å². The van der Waals surface area contributed by atoms with Crippen LogP contribution in [0.4, 0.5) is 5.69 Å². The van der Waals surface area contributed by atoms with Crippen LogP contribution in [0.5, 0.6) is 0 Å². The van der Waals surface area contributed by atoms with Crippen molar-refractivity contribution in [2.24, 2.45) is 5.92 Å². The van der Waals surface area contributed by atoms with E-state index in [2.05, 4.69) is 45.3 Å². The van der Waals surface area contributed by atoms with Crippen molar-refractivity contribution in [3.05, 3.63) is 48.2 Å². The molecule has 7 heteroatoms. The van der Waals surface area contributed by atoms with Gasteiger partial charge in [0, 0.05) is 47.5 Å². The van der Waals surface area contributed by atoms with Crippen LogP contribution in [0, 0.1) is 17.2 Å². The summed E-state index contributed by atoms with van der Waals surface area (Å²) in [6.07, 6.45) is 11.4. The highest BCUT2D eigenvalue weighted by molar-refractivity contribution is 6.10. The Kier molecular flexibility index (Phi) is 5.77. The number of anilines is 1. The zero-order valence-electron chi connectivity index (χ0n) is 19.1. The molecule has 0 saturated heterocycles. The van der Waals surface area contributed by atoms with Gasteiger partial charge >= 0.3 is 0 Å². The Morgan fingerprint density at radius 3 is 2.36 bits per heavy atom. The molecular weight excluding hydrogens is 412 g/mol. The summed E-state index contributed by atoms with van der Waals surface area (Å²) in [5.74, 6) is 0.472. The highest BCUT2D eigenvalue weighted by atomic mass is 16.1. The highest BCUT2D eigenvalue weighted by Gasteiger charge is 2.33. The first-order chi connectivity index (χ1) is 16.0. The molecule has 0 amide bonds. The average Bonchev–Trinajstić information content (AvgIpc) is 3.69. The zero-order valence-corrected chi connectivity index (χ0v) is 19.1. The van der Waals surface area contributed by atoms with Gasteiger partial charge in [-0.2, -0.15) is 5.26 Å². The molecule has 7 nitrogen and oxygen atoms in total. The van der Waals surface area contributed by atoms with E-state index in [1.54, 1.807) is 18.6 Å². The van der Waals surface area contributed by atoms with Gasteiger partial charge in [0.15, 0.2) is 5.78 Å². The molecule has 33 heavy (non-hydrogen) atoms. The lowest BCUT2D eigenvalue weighted by Crippen LogP contribution is -2.36. The number of fused-ring (bicyclic) bond motifs is 1. The van der Waals surface area contributed by atoms with Crippen LogP contribution in [-0.2, 0) is 0 Å². The number of ketones is 1. The maximum atomic E-state index is 13.1. The summed E-state index contributed by atoms with van der Waals surface area (Å²) < 4.78 is 0. The maximum Gasteiger partial charge on any atom is 0.232 e. The summed E-state index contributed by atoms with van der Waals surface area (Å²) in [5, 5.41) is 13.7. The fourth-order valence-corrected chi connectivity index (χ4v) is 4.76. The van der Waals surface area contributed by atoms with E-state index in [4.69, 9.17) is 5.26 Å². The van der Waals surface area contributed by atoms with E-state index in [0.717, 1.165) is 66.2 Å². The van der Waals surface area contributed by atoms with Crippen molar-refractivity contribution in [3.63, 3.8) is 0 Å². The third kappa shape index (κ3) is 4.44. The minimum Gasteiger partial charge on any atom is -0.381 e. The summed E-state index contributed by atoms with van der Waals surface area (Å²) in [7, 11) is 4.30. The van der Waals surface area contributed by atoms with Gasteiger partial charge in [-0.25, -0.2) is 9.97 Å². The molecule has 3 aromatic rings. The molecular formula is C26H28N6O. The van der Waals surface area contributed by atoms with E-state index < -0.39 is 0 Å². The monoisotopic (exact) mass is 440 g/mol. The Bertz CT molecular complexity index is 1220. The van der Waals surface area contributed by atoms with Gasteiger partial charge in [0.1, 0.15) is 6.07 Å². The third-order valence-corrected chi connectivity index (χ3v) is 6.94. The smallest absolute Gasteiger partial charge is 0.232 e. The number of hydrogen-bond donors (Lipinski definition) is 1. The van der Waals surface area contributed by atoms with Crippen molar-refractivity contribution in [2.75, 3.05) is 19.4 Å². The van der Waals surface area contributed by atoms with E-state index >= 15 is 0 Å². The van der Waals surface area contributed by atoms with Crippen LogP contribution in [0.15, 0.2) is 36.8 Å². The van der Waals surface area contributed by atoms with E-state index in [0.29, 0.717) is 17.6 Å². The number of nitrogens with zero attached hydrogens (tertiary/aromatic N) is 5. The molecule has 2 aliphatic rings. The second-order valence-electron chi connectivity index (χ2n) is 9.44. The number of carbonyl (C=O) groups excluding carboxylic acids is 1. The Hall–Kier alpha value is -3.37. The van der Waals surface area contributed by atoms with Crippen molar-refractivity contribution in [3.8, 4) is 17.2 Å². The second-order valence-corrected chi connectivity index (χ2v) is 9.44. The number of nitriles is 1. The van der Waals surface area contributed by atoms with Gasteiger partial charge in [-0.05, 0) is 70.3 Å². The van der Waals surface area contributed by atoms with Gasteiger partial charge in [-0.1, -0.05) is 6.07 Å². The van der Waals surface area contributed by atoms with Crippen molar-refractivity contribution >= 4 is 22.4 Å². The SMILES string of the molecule is CN(C)[C@H]1CC[C@H](Nc2c(C(=O)C3CC3)cnc3ccc(-c4cnc(C#N)nc4)cc23)CC1. The maximum absolute atomic E-state index is 13.1. The molecule has 1 N–H and O–H groups in total. The molecule has 168 valence electrons. The van der Waals surface area contributed by atoms with Gasteiger partial charge in [0.05, 0.1) is 16.8 Å². The Labute approximate surface area is 193 Å². The van der Waals surface area contributed by atoms with Crippen LogP contribution < -0.4 is 5.32 Å². The number of pyridine rings is 1. The Morgan fingerprint density at radius 2 is 1.73 bits per heavy atom. The number of carbonyl (C=O) groups is 1. The molecule has 0 bridgehead atoms. The second kappa shape index (κ2) is 8.87. The summed E-state index contributed by atoms with van der Waals surface area (Å²) in [6, 6.07) is 8.92. The van der Waals surface area contributed by atoms with Crippen molar-refractivity contribution in [2.45, 2.75) is 50.6 Å². The molecule has 0 radical (unpaired) electrons. The number of nitrogens with one attached hydrogen (secondary N) is 1. The van der Waals surface area contributed by atoms with Crippen molar-refractivity contribution in [1.82, 2.24) is 19.9 Å². The van der Waals surface area contributed by atoms with E-state index in [-0.39, 0.29) is 17.5 Å². The fourth-order valence-electron chi connectivity index (χ4n) is 4.76. The molecule has 2 heterocycles. The molecule has 2 fully saturated rings. The molecule has 0 unspecified atom stereocenters. The van der Waals surface area contributed by atoms with E-state index in [1.807, 2.05) is 18.2 Å². The van der Waals surface area contributed by atoms with Crippen LogP contribution in [0.3, 0.4) is 0 Å². The molecule has 1 aromatic carbocycles. The quantitative estimate of drug-likeness (QED) is 0.566. The van der Waals surface area contributed by atoms with Crippen LogP contribution in [-0.4, -0.2) is 51.8 Å². The molecule has 2 aliphatic carbocycles. The lowest BCUT2D eigenvalue weighted by molar-refractivity contribution is 0.0968. The zero-order chi connectivity index (χ0) is 22.9. The summed E-state index contributed by atoms with van der Waals surface area (Å²) in [6.45, 7) is 0. The first-order valence-electron chi connectivity index (χ1n) is 11.7. The lowest BCUT2D eigenvalue weighted by Gasteiger charge is -2.34. The van der Waals surface area contributed by atoms with Gasteiger partial charge in [-0.3, -0.25) is 9.78 Å². The minimum atomic E-state index is 0.129. The predicted molar refractivity (Wildman–Crippen MR) is 128 cm³/mol. The van der Waals surface area contributed by atoms with Gasteiger partial charge < -0.3 is 10.2 Å². The van der Waals surface area contributed by atoms with E-state index in [9.17, 15) is 4.79 Å². The molecule has 0 atom stereocenters. The van der Waals surface area contributed by atoms with Crippen molar-refractivity contribution in [1.29, 1.82) is 5.26 Å². The Balaban J connectivity index is 1.53. The molecule has 0 spiro atoms. The number of benzene rings is 1. The number of rotatable bonds is 6. The molecule has 0 aliphatic heterocycles. The predicted octanol–water partition coefficient (Wildman–Crippen LogP) is 4.44. The topological polar surface area (TPSA) is 94.8 Å². The summed E-state index contributed by atoms with van der Waals surface area (Å²) in [4.78, 5) is 28.3. The molecule has 2 aromatic heterocycles. The largest absolute Gasteiger partial charge is 0.381 e. The summed E-state index contributed by atoms with van der Waals surface area (Å²) >= 11 is 0. The number of hydrogen-bond acceptors (Lipinski definition) is 7. The highest BCUT2D eigenvalue weighted by Crippen LogP contribution is 2.38. The van der Waals surface area contributed by atoms with Crippen LogP contribution >= 0.6 is 0 Å². The minimum absolute atomic E-state index is 0.129. The van der Waals surface area contributed by atoms with Crippen molar-refractivity contribution < 1.29 is 4.79 Å². The lowest BCUT2D eigenvalue weighted by atomic mass is 9.89. The van der Waals surface area contributed by atoms with E-state index in [1.165, 1.54) is 0 Å². The standard InChI is InChI=1S/C26H28N6O/c1-32(2)20-8-6-19(7-9-20)31-25-21-11-17(18-13-29-24(12-27)30-14-18)5-10-23(21)28-15-22(25)26(33)16-3-4-16/h5,10-11,13-16,19-20H,3-4,6-9H2,1-2H3,(H,28,31)/t19-,20-. The first-order valence-corrected chi connectivity index (χ1v) is 11.7. The fraction of sp³-hybridized carbons (Fsp3) is 0.423. The number of Topliss-reactive ketones (excluding diaryl/α,β-unsaturated/α-hetero) is 1. The average molecular weight is 441 g/mol. The van der Waals surface area contributed by atoms with Gasteiger partial charge in [0.25, 0.3) is 0 Å². The third-order valence-electron chi connectivity index (χ3n) is 6.94. The summed E-state index contributed by atoms with van der Waals surface area (Å²) in [5.41, 5.74) is 4.22. The normalized spacial score (nSPS) is 20.5. The van der Waals surface area contributed by atoms with Gasteiger partial charge in [-0.15, -0.1) is 0 Å². The van der Waals surface area contributed by atoms with Crippen LogP contribution in [0.1, 0.15) is 54.7 Å².